The van der Waals surface area contributed by atoms with Gasteiger partial charge in [0, 0.05) is 12.6 Å². The highest BCUT2D eigenvalue weighted by atomic mass is 16.5. The second-order valence-corrected chi connectivity index (χ2v) is 8.05. The average Bonchev–Trinajstić information content (AvgIpc) is 2.78. The lowest BCUT2D eigenvalue weighted by Gasteiger charge is -2.31. The number of nitrogens with zero attached hydrogens (tertiary/aromatic N) is 1. The topological polar surface area (TPSA) is 58.6 Å². The average molecular weight is 409 g/mol. The number of ether oxygens (including phenoxy) is 1. The molecule has 1 fully saturated rings. The number of nitrogens with one attached hydrogen (secondary N) is 1. The summed E-state index contributed by atoms with van der Waals surface area (Å²) in [7, 11) is 1.63. The van der Waals surface area contributed by atoms with Crippen LogP contribution in [0.2, 0.25) is 0 Å². The normalized spacial score (nSPS) is 15.3. The molecule has 0 heterocycles. The van der Waals surface area contributed by atoms with Gasteiger partial charge in [-0.25, -0.2) is 0 Å². The molecule has 1 N–H and O–H groups in total. The maximum atomic E-state index is 13.2. The van der Waals surface area contributed by atoms with Crippen molar-refractivity contribution in [2.45, 2.75) is 64.1 Å². The summed E-state index contributed by atoms with van der Waals surface area (Å²) < 4.78 is 5.23. The summed E-state index contributed by atoms with van der Waals surface area (Å²) in [6, 6.07) is 17.0. The van der Waals surface area contributed by atoms with Crippen molar-refractivity contribution in [3.8, 4) is 5.75 Å². The molecule has 1 aliphatic carbocycles. The third-order valence-corrected chi connectivity index (χ3v) is 5.83. The molecule has 1 saturated carbocycles. The highest BCUT2D eigenvalue weighted by Gasteiger charge is 2.28. The molecule has 3 rings (SSSR count). The van der Waals surface area contributed by atoms with Crippen LogP contribution in [-0.2, 0) is 22.6 Å². The van der Waals surface area contributed by atoms with Crippen molar-refractivity contribution in [2.24, 2.45) is 0 Å². The van der Waals surface area contributed by atoms with E-state index in [1.54, 1.807) is 12.0 Å². The SMILES string of the molecule is COc1ccc(CN(C(=O)Cc2ccccc2)[C@@H](C)C(=O)NC2CCCCC2)cc1. The van der Waals surface area contributed by atoms with Gasteiger partial charge in [0.1, 0.15) is 11.8 Å². The summed E-state index contributed by atoms with van der Waals surface area (Å²) in [4.78, 5) is 27.9. The summed E-state index contributed by atoms with van der Waals surface area (Å²) in [6.07, 6.45) is 5.87. The van der Waals surface area contributed by atoms with E-state index in [0.29, 0.717) is 6.54 Å². The molecule has 0 bridgehead atoms. The van der Waals surface area contributed by atoms with Gasteiger partial charge in [0.2, 0.25) is 11.8 Å². The molecule has 2 amide bonds. The molecule has 2 aromatic carbocycles. The summed E-state index contributed by atoms with van der Waals surface area (Å²) in [5, 5.41) is 3.17. The van der Waals surface area contributed by atoms with E-state index in [2.05, 4.69) is 5.32 Å². The maximum absolute atomic E-state index is 13.2. The molecule has 2 aromatic rings. The zero-order valence-corrected chi connectivity index (χ0v) is 18.0. The van der Waals surface area contributed by atoms with E-state index in [4.69, 9.17) is 4.74 Å². The van der Waals surface area contributed by atoms with Gasteiger partial charge in [-0.15, -0.1) is 0 Å². The highest BCUT2D eigenvalue weighted by Crippen LogP contribution is 2.19. The van der Waals surface area contributed by atoms with Crippen molar-refractivity contribution < 1.29 is 14.3 Å². The standard InChI is InChI=1S/C25H32N2O3/c1-19(25(29)26-22-11-7-4-8-12-22)27(18-21-13-15-23(30-2)16-14-21)24(28)17-20-9-5-3-6-10-20/h3,5-6,9-10,13-16,19,22H,4,7-8,11-12,17-18H2,1-2H3,(H,26,29)/t19-/m0/s1. The van der Waals surface area contributed by atoms with Gasteiger partial charge in [-0.1, -0.05) is 61.7 Å². The second-order valence-electron chi connectivity index (χ2n) is 8.05. The number of hydrogen-bond donors (Lipinski definition) is 1. The van der Waals surface area contributed by atoms with Crippen LogP contribution in [0.3, 0.4) is 0 Å². The van der Waals surface area contributed by atoms with Gasteiger partial charge >= 0.3 is 0 Å². The molecule has 0 radical (unpaired) electrons. The van der Waals surface area contributed by atoms with Gasteiger partial charge in [0.05, 0.1) is 13.5 Å². The minimum absolute atomic E-state index is 0.0525. The molecule has 0 unspecified atom stereocenters. The molecule has 0 aromatic heterocycles. The van der Waals surface area contributed by atoms with Gasteiger partial charge in [0.25, 0.3) is 0 Å². The third-order valence-electron chi connectivity index (χ3n) is 5.83. The van der Waals surface area contributed by atoms with Crippen LogP contribution in [0.5, 0.6) is 5.75 Å². The Morgan fingerprint density at radius 2 is 1.67 bits per heavy atom. The van der Waals surface area contributed by atoms with Crippen molar-refractivity contribution in [3.05, 3.63) is 65.7 Å². The van der Waals surface area contributed by atoms with Crippen LogP contribution in [-0.4, -0.2) is 35.9 Å². The van der Waals surface area contributed by atoms with Gasteiger partial charge in [-0.3, -0.25) is 9.59 Å². The first-order valence-electron chi connectivity index (χ1n) is 10.8. The fraction of sp³-hybridized carbons (Fsp3) is 0.440. The summed E-state index contributed by atoms with van der Waals surface area (Å²) in [5.74, 6) is 0.643. The van der Waals surface area contributed by atoms with Crippen LogP contribution < -0.4 is 10.1 Å². The first-order chi connectivity index (χ1) is 14.6. The minimum Gasteiger partial charge on any atom is -0.497 e. The number of methoxy groups -OCH3 is 1. The van der Waals surface area contributed by atoms with Gasteiger partial charge in [0.15, 0.2) is 0 Å². The predicted molar refractivity (Wildman–Crippen MR) is 118 cm³/mol. The maximum Gasteiger partial charge on any atom is 0.242 e. The Labute approximate surface area is 179 Å². The van der Waals surface area contributed by atoms with E-state index >= 15 is 0 Å². The molecular formula is C25H32N2O3. The van der Waals surface area contributed by atoms with Gasteiger partial charge in [-0.05, 0) is 43.0 Å². The Balaban J connectivity index is 1.74. The second kappa shape index (κ2) is 10.8. The fourth-order valence-corrected chi connectivity index (χ4v) is 3.95. The summed E-state index contributed by atoms with van der Waals surface area (Å²) >= 11 is 0. The minimum atomic E-state index is -0.537. The highest BCUT2D eigenvalue weighted by molar-refractivity contribution is 5.88. The first-order valence-corrected chi connectivity index (χ1v) is 10.8. The van der Waals surface area contributed by atoms with E-state index in [0.717, 1.165) is 42.6 Å². The lowest BCUT2D eigenvalue weighted by Crippen LogP contribution is -2.50. The van der Waals surface area contributed by atoms with Crippen LogP contribution in [0.1, 0.15) is 50.2 Å². The van der Waals surface area contributed by atoms with E-state index < -0.39 is 6.04 Å². The van der Waals surface area contributed by atoms with Crippen molar-refractivity contribution >= 4 is 11.8 Å². The van der Waals surface area contributed by atoms with Crippen LogP contribution in [0.25, 0.3) is 0 Å². The van der Waals surface area contributed by atoms with E-state index in [9.17, 15) is 9.59 Å². The molecule has 1 atom stereocenters. The van der Waals surface area contributed by atoms with Crippen molar-refractivity contribution in [2.75, 3.05) is 7.11 Å². The molecule has 30 heavy (non-hydrogen) atoms. The quantitative estimate of drug-likeness (QED) is 0.715. The van der Waals surface area contributed by atoms with Gasteiger partial charge in [-0.2, -0.15) is 0 Å². The third kappa shape index (κ3) is 6.09. The zero-order valence-electron chi connectivity index (χ0n) is 18.0. The van der Waals surface area contributed by atoms with E-state index in [-0.39, 0.29) is 24.3 Å². The van der Waals surface area contributed by atoms with Crippen LogP contribution in [0.15, 0.2) is 54.6 Å². The Kier molecular flexibility index (Phi) is 7.89. The largest absolute Gasteiger partial charge is 0.497 e. The summed E-state index contributed by atoms with van der Waals surface area (Å²) in [5.41, 5.74) is 1.91. The van der Waals surface area contributed by atoms with Gasteiger partial charge < -0.3 is 15.0 Å². The number of benzene rings is 2. The fourth-order valence-electron chi connectivity index (χ4n) is 3.95. The van der Waals surface area contributed by atoms with Crippen molar-refractivity contribution in [1.82, 2.24) is 10.2 Å². The van der Waals surface area contributed by atoms with Crippen molar-refractivity contribution in [3.63, 3.8) is 0 Å². The molecule has 160 valence electrons. The Hall–Kier alpha value is -2.82. The number of carbonyl (C=O) groups is 2. The molecule has 0 aliphatic heterocycles. The Morgan fingerprint density at radius 1 is 1.00 bits per heavy atom. The molecule has 0 spiro atoms. The lowest BCUT2D eigenvalue weighted by atomic mass is 9.95. The smallest absolute Gasteiger partial charge is 0.242 e. The van der Waals surface area contributed by atoms with Crippen molar-refractivity contribution in [1.29, 1.82) is 0 Å². The Morgan fingerprint density at radius 3 is 2.30 bits per heavy atom. The lowest BCUT2D eigenvalue weighted by molar-refractivity contribution is -0.140. The molecular weight excluding hydrogens is 376 g/mol. The summed E-state index contributed by atoms with van der Waals surface area (Å²) in [6.45, 7) is 2.21. The number of rotatable bonds is 8. The predicted octanol–water partition coefficient (Wildman–Crippen LogP) is 4.10. The van der Waals surface area contributed by atoms with Crippen LogP contribution in [0.4, 0.5) is 0 Å². The number of amides is 2. The van der Waals surface area contributed by atoms with Crippen LogP contribution >= 0.6 is 0 Å². The molecule has 5 heteroatoms. The molecule has 5 nitrogen and oxygen atoms in total. The Bertz CT molecular complexity index is 814. The molecule has 0 saturated heterocycles. The van der Waals surface area contributed by atoms with E-state index in [1.165, 1.54) is 6.42 Å². The zero-order chi connectivity index (χ0) is 21.3. The number of carbonyl (C=O) groups excluding carboxylic acids is 2. The van der Waals surface area contributed by atoms with E-state index in [1.807, 2.05) is 61.5 Å². The molecule has 1 aliphatic rings. The first kappa shape index (κ1) is 21.9. The number of hydrogen-bond acceptors (Lipinski definition) is 3. The van der Waals surface area contributed by atoms with Crippen LogP contribution in [0, 0.1) is 0 Å². The monoisotopic (exact) mass is 408 g/mol.